The predicted octanol–water partition coefficient (Wildman–Crippen LogP) is -0.723. The van der Waals surface area contributed by atoms with Crippen molar-refractivity contribution >= 4 is 5.97 Å². The van der Waals surface area contributed by atoms with Gasteiger partial charge in [-0.25, -0.2) is 4.79 Å². The van der Waals surface area contributed by atoms with Crippen molar-refractivity contribution in [3.63, 3.8) is 0 Å². The van der Waals surface area contributed by atoms with E-state index in [1.54, 1.807) is 6.92 Å². The van der Waals surface area contributed by atoms with Gasteiger partial charge in [-0.1, -0.05) is 0 Å². The smallest absolute Gasteiger partial charge is 0.338 e. The van der Waals surface area contributed by atoms with Crippen molar-refractivity contribution in [2.75, 3.05) is 6.61 Å². The first-order valence-corrected chi connectivity index (χ1v) is 4.78. The summed E-state index contributed by atoms with van der Waals surface area (Å²) in [4.78, 5) is 11.1. The van der Waals surface area contributed by atoms with Crippen molar-refractivity contribution in [3.05, 3.63) is 35.3 Å². The van der Waals surface area contributed by atoms with Gasteiger partial charge in [0.2, 0.25) is 5.69 Å². The van der Waals surface area contributed by atoms with E-state index in [1.807, 2.05) is 0 Å². The molecule has 0 fully saturated rings. The van der Waals surface area contributed by atoms with Crippen molar-refractivity contribution in [3.8, 4) is 0 Å². The number of ether oxygens (including phenoxy) is 1. The molecule has 0 unspecified atom stereocenters. The number of carbonyl (C=O) groups is 1. The Kier molecular flexibility index (Phi) is 4.21. The summed E-state index contributed by atoms with van der Waals surface area (Å²) in [7, 11) is 0. The molecule has 0 saturated carbocycles. The minimum atomic E-state index is -1.76. The van der Waals surface area contributed by atoms with Gasteiger partial charge >= 0.3 is 5.97 Å². The van der Waals surface area contributed by atoms with E-state index in [2.05, 4.69) is 4.74 Å². The molecule has 0 radical (unpaired) electrons. The summed E-state index contributed by atoms with van der Waals surface area (Å²) >= 11 is 0. The fourth-order valence-electron chi connectivity index (χ4n) is 1.19. The fraction of sp³-hybridized carbons (Fsp3) is 0.400. The van der Waals surface area contributed by atoms with E-state index in [1.165, 1.54) is 18.2 Å². The largest absolute Gasteiger partial charge is 0.618 e. The van der Waals surface area contributed by atoms with Gasteiger partial charge in [-0.05, 0) is 13.0 Å². The molecule has 0 spiro atoms. The molecule has 0 aromatic carbocycles. The Hall–Kier alpha value is -1.66. The zero-order valence-corrected chi connectivity index (χ0v) is 8.74. The van der Waals surface area contributed by atoms with E-state index >= 15 is 0 Å². The standard InChI is InChI=1S/C10H13NO5/c1-2-16-10(14)9(13)8(12)7-5-3-4-6-11(7)15/h3-6,8-9,12-13H,2H2,1H3/t8-,9+/m1/s1. The van der Waals surface area contributed by atoms with E-state index in [0.29, 0.717) is 4.73 Å². The van der Waals surface area contributed by atoms with Gasteiger partial charge in [0.15, 0.2) is 18.4 Å². The lowest BCUT2D eigenvalue weighted by Crippen LogP contribution is -2.39. The van der Waals surface area contributed by atoms with Crippen LogP contribution in [0.5, 0.6) is 0 Å². The topological polar surface area (TPSA) is 93.7 Å². The molecule has 1 aromatic rings. The van der Waals surface area contributed by atoms with Crippen LogP contribution in [0.1, 0.15) is 18.7 Å². The lowest BCUT2D eigenvalue weighted by atomic mass is 10.1. The van der Waals surface area contributed by atoms with Crippen LogP contribution in [0.25, 0.3) is 0 Å². The number of hydrogen-bond acceptors (Lipinski definition) is 5. The summed E-state index contributed by atoms with van der Waals surface area (Å²) in [5.74, 6) is -0.959. The fourth-order valence-corrected chi connectivity index (χ4v) is 1.19. The molecule has 0 aliphatic rings. The van der Waals surface area contributed by atoms with Crippen LogP contribution in [0.4, 0.5) is 0 Å². The van der Waals surface area contributed by atoms with Crippen LogP contribution < -0.4 is 4.73 Å². The molecule has 0 saturated heterocycles. The minimum Gasteiger partial charge on any atom is -0.618 e. The van der Waals surface area contributed by atoms with Gasteiger partial charge in [0.25, 0.3) is 0 Å². The van der Waals surface area contributed by atoms with Gasteiger partial charge in [-0.3, -0.25) is 0 Å². The Morgan fingerprint density at radius 3 is 2.81 bits per heavy atom. The third-order valence-electron chi connectivity index (χ3n) is 1.98. The van der Waals surface area contributed by atoms with Crippen molar-refractivity contribution in [2.24, 2.45) is 0 Å². The average Bonchev–Trinajstić information content (AvgIpc) is 2.28. The second-order valence-electron chi connectivity index (χ2n) is 3.09. The summed E-state index contributed by atoms with van der Waals surface area (Å²) in [6.07, 6.45) is -2.20. The summed E-state index contributed by atoms with van der Waals surface area (Å²) < 4.78 is 4.91. The molecule has 6 nitrogen and oxygen atoms in total. The number of aromatic nitrogens is 1. The first-order chi connectivity index (χ1) is 7.57. The molecule has 1 aromatic heterocycles. The normalized spacial score (nSPS) is 14.2. The van der Waals surface area contributed by atoms with Gasteiger partial charge in [0.05, 0.1) is 6.61 Å². The molecule has 0 aliphatic carbocycles. The Bertz CT molecular complexity index is 368. The van der Waals surface area contributed by atoms with Crippen LogP contribution in [0.15, 0.2) is 24.4 Å². The maximum Gasteiger partial charge on any atom is 0.338 e. The van der Waals surface area contributed by atoms with Gasteiger partial charge in [-0.15, -0.1) is 0 Å². The number of pyridine rings is 1. The third-order valence-corrected chi connectivity index (χ3v) is 1.98. The number of nitrogens with zero attached hydrogens (tertiary/aromatic N) is 1. The Labute approximate surface area is 92.3 Å². The molecule has 2 N–H and O–H groups in total. The van der Waals surface area contributed by atoms with Crippen molar-refractivity contribution in [2.45, 2.75) is 19.1 Å². The van der Waals surface area contributed by atoms with Crippen LogP contribution in [-0.4, -0.2) is 28.9 Å². The molecule has 6 heteroatoms. The maximum atomic E-state index is 11.2. The quantitative estimate of drug-likeness (QED) is 0.402. The Balaban J connectivity index is 2.82. The highest BCUT2D eigenvalue weighted by atomic mass is 16.5. The summed E-state index contributed by atoms with van der Waals surface area (Å²) in [6.45, 7) is 1.67. The highest BCUT2D eigenvalue weighted by molar-refractivity contribution is 5.75. The van der Waals surface area contributed by atoms with Crippen LogP contribution in [0.3, 0.4) is 0 Å². The number of carbonyl (C=O) groups excluding carboxylic acids is 1. The first kappa shape index (κ1) is 12.4. The molecular formula is C10H13NO5. The first-order valence-electron chi connectivity index (χ1n) is 4.78. The van der Waals surface area contributed by atoms with E-state index in [4.69, 9.17) is 0 Å². The summed E-state index contributed by atoms with van der Waals surface area (Å²) in [6, 6.07) is 4.31. The molecule has 88 valence electrons. The SMILES string of the molecule is CCOC(=O)[C@@H](O)[C@H](O)c1cccc[n+]1[O-]. The van der Waals surface area contributed by atoms with Crippen molar-refractivity contribution < 1.29 is 24.5 Å². The van der Waals surface area contributed by atoms with E-state index in [9.17, 15) is 20.2 Å². The maximum absolute atomic E-state index is 11.2. The van der Waals surface area contributed by atoms with Crippen LogP contribution in [0, 0.1) is 5.21 Å². The molecule has 0 amide bonds. The molecule has 1 rings (SSSR count). The third kappa shape index (κ3) is 2.68. The molecule has 1 heterocycles. The molecule has 0 aliphatic heterocycles. The van der Waals surface area contributed by atoms with Crippen molar-refractivity contribution in [1.82, 2.24) is 0 Å². The van der Waals surface area contributed by atoms with Crippen LogP contribution in [-0.2, 0) is 9.53 Å². The summed E-state index contributed by atoms with van der Waals surface area (Å²) in [5, 5.41) is 30.3. The average molecular weight is 227 g/mol. The van der Waals surface area contributed by atoms with Gasteiger partial charge in [0, 0.05) is 12.1 Å². The highest BCUT2D eigenvalue weighted by Crippen LogP contribution is 2.13. The lowest BCUT2D eigenvalue weighted by Gasteiger charge is -2.15. The number of rotatable bonds is 4. The molecule has 2 atom stereocenters. The number of aliphatic hydroxyl groups is 2. The van der Waals surface area contributed by atoms with E-state index < -0.39 is 18.2 Å². The van der Waals surface area contributed by atoms with Crippen LogP contribution >= 0.6 is 0 Å². The number of esters is 1. The monoisotopic (exact) mass is 227 g/mol. The lowest BCUT2D eigenvalue weighted by molar-refractivity contribution is -0.619. The zero-order valence-electron chi connectivity index (χ0n) is 8.74. The number of aliphatic hydroxyl groups excluding tert-OH is 2. The predicted molar refractivity (Wildman–Crippen MR) is 53.0 cm³/mol. The van der Waals surface area contributed by atoms with Crippen LogP contribution in [0.2, 0.25) is 0 Å². The van der Waals surface area contributed by atoms with E-state index in [0.717, 1.165) is 6.20 Å². The van der Waals surface area contributed by atoms with Gasteiger partial charge in [0.1, 0.15) is 0 Å². The second-order valence-corrected chi connectivity index (χ2v) is 3.09. The minimum absolute atomic E-state index is 0.0920. The number of hydrogen-bond donors (Lipinski definition) is 2. The van der Waals surface area contributed by atoms with Crippen molar-refractivity contribution in [1.29, 1.82) is 0 Å². The van der Waals surface area contributed by atoms with E-state index in [-0.39, 0.29) is 12.3 Å². The molecule has 16 heavy (non-hydrogen) atoms. The van der Waals surface area contributed by atoms with Gasteiger partial charge < -0.3 is 20.2 Å². The highest BCUT2D eigenvalue weighted by Gasteiger charge is 2.31. The molecular weight excluding hydrogens is 214 g/mol. The molecule has 0 bridgehead atoms. The Morgan fingerprint density at radius 2 is 2.25 bits per heavy atom. The van der Waals surface area contributed by atoms with Gasteiger partial charge in [-0.2, -0.15) is 4.73 Å². The second kappa shape index (κ2) is 5.43. The summed E-state index contributed by atoms with van der Waals surface area (Å²) in [5.41, 5.74) is -0.108. The Morgan fingerprint density at radius 1 is 1.56 bits per heavy atom. The zero-order chi connectivity index (χ0) is 12.1.